The molecule has 1 aromatic carbocycles. The van der Waals surface area contributed by atoms with Crippen LogP contribution in [0.15, 0.2) is 36.0 Å². The molecule has 1 aliphatic rings. The second kappa shape index (κ2) is 5.02. The van der Waals surface area contributed by atoms with Crippen molar-refractivity contribution in [2.75, 3.05) is 0 Å². The van der Waals surface area contributed by atoms with Crippen LogP contribution >= 0.6 is 11.3 Å². The number of hydrogen-bond acceptors (Lipinski definition) is 3. The summed E-state index contributed by atoms with van der Waals surface area (Å²) in [5.74, 6) is 0.450. The Morgan fingerprint density at radius 3 is 3.06 bits per heavy atom. The summed E-state index contributed by atoms with van der Waals surface area (Å²) in [6, 6.07) is 8.05. The van der Waals surface area contributed by atoms with Crippen molar-refractivity contribution in [1.29, 1.82) is 0 Å². The van der Waals surface area contributed by atoms with E-state index in [0.29, 0.717) is 5.78 Å². The first-order chi connectivity index (χ1) is 8.84. The van der Waals surface area contributed by atoms with Gasteiger partial charge in [-0.25, -0.2) is 0 Å². The Kier molecular flexibility index (Phi) is 3.24. The molecule has 0 fully saturated rings. The Morgan fingerprint density at radius 1 is 1.33 bits per heavy atom. The standard InChI is InChI=1S/C15H15NOS/c17-15-12(8-13-9-16-10-18-13)6-3-5-11-4-1-2-7-14(11)15/h1-2,4,7,9-10,12H,3,5-6,8H2. The van der Waals surface area contributed by atoms with E-state index in [1.807, 2.05) is 29.9 Å². The van der Waals surface area contributed by atoms with Crippen LogP contribution in [0.2, 0.25) is 0 Å². The van der Waals surface area contributed by atoms with E-state index in [1.54, 1.807) is 11.3 Å². The topological polar surface area (TPSA) is 30.0 Å². The van der Waals surface area contributed by atoms with Crippen LogP contribution in [-0.2, 0) is 12.8 Å². The largest absolute Gasteiger partial charge is 0.294 e. The van der Waals surface area contributed by atoms with Crippen molar-refractivity contribution >= 4 is 17.1 Å². The average Bonchev–Trinajstić information content (AvgIpc) is 2.85. The number of nitrogens with zero attached hydrogens (tertiary/aromatic N) is 1. The van der Waals surface area contributed by atoms with Gasteiger partial charge in [0.15, 0.2) is 5.78 Å². The van der Waals surface area contributed by atoms with Crippen LogP contribution in [0.5, 0.6) is 0 Å². The molecule has 0 saturated heterocycles. The van der Waals surface area contributed by atoms with E-state index < -0.39 is 0 Å². The Labute approximate surface area is 111 Å². The van der Waals surface area contributed by atoms with Gasteiger partial charge < -0.3 is 0 Å². The number of Topliss-reactive ketones (excluding diaryl/α,β-unsaturated/α-hetero) is 1. The summed E-state index contributed by atoms with van der Waals surface area (Å²) in [7, 11) is 0. The summed E-state index contributed by atoms with van der Waals surface area (Å²) in [5, 5.41) is 0. The summed E-state index contributed by atoms with van der Waals surface area (Å²) in [6.45, 7) is 0. The van der Waals surface area contributed by atoms with Gasteiger partial charge in [0.1, 0.15) is 0 Å². The predicted molar refractivity (Wildman–Crippen MR) is 73.0 cm³/mol. The fraction of sp³-hybridized carbons (Fsp3) is 0.333. The second-order valence-corrected chi connectivity index (χ2v) is 5.75. The first-order valence-corrected chi connectivity index (χ1v) is 7.22. The summed E-state index contributed by atoms with van der Waals surface area (Å²) >= 11 is 1.64. The Balaban J connectivity index is 1.87. The fourth-order valence-electron chi connectivity index (χ4n) is 2.65. The van der Waals surface area contributed by atoms with Gasteiger partial charge in [-0.2, -0.15) is 0 Å². The minimum Gasteiger partial charge on any atom is -0.294 e. The van der Waals surface area contributed by atoms with Gasteiger partial charge in [-0.1, -0.05) is 24.3 Å². The maximum atomic E-state index is 12.5. The third kappa shape index (κ3) is 2.23. The van der Waals surface area contributed by atoms with E-state index in [2.05, 4.69) is 11.1 Å². The molecule has 0 saturated carbocycles. The molecule has 0 amide bonds. The molecule has 18 heavy (non-hydrogen) atoms. The molecule has 3 heteroatoms. The van der Waals surface area contributed by atoms with Crippen LogP contribution in [-0.4, -0.2) is 10.8 Å². The lowest BCUT2D eigenvalue weighted by Crippen LogP contribution is -2.16. The van der Waals surface area contributed by atoms with E-state index in [9.17, 15) is 4.79 Å². The molecule has 1 heterocycles. The Hall–Kier alpha value is -1.48. The molecule has 0 radical (unpaired) electrons. The highest BCUT2D eigenvalue weighted by Crippen LogP contribution is 2.27. The van der Waals surface area contributed by atoms with E-state index in [-0.39, 0.29) is 5.92 Å². The summed E-state index contributed by atoms with van der Waals surface area (Å²) < 4.78 is 0. The molecule has 3 rings (SSSR count). The van der Waals surface area contributed by atoms with Gasteiger partial charge in [0.2, 0.25) is 0 Å². The third-order valence-electron chi connectivity index (χ3n) is 3.58. The molecule has 1 aromatic heterocycles. The maximum Gasteiger partial charge on any atom is 0.166 e. The fourth-order valence-corrected chi connectivity index (χ4v) is 3.33. The van der Waals surface area contributed by atoms with Crippen molar-refractivity contribution in [2.24, 2.45) is 5.92 Å². The normalized spacial score (nSPS) is 19.3. The van der Waals surface area contributed by atoms with Crippen molar-refractivity contribution in [3.8, 4) is 0 Å². The zero-order chi connectivity index (χ0) is 12.4. The minimum absolute atomic E-state index is 0.133. The van der Waals surface area contributed by atoms with Crippen LogP contribution in [0.25, 0.3) is 0 Å². The van der Waals surface area contributed by atoms with Gasteiger partial charge in [0.05, 0.1) is 5.51 Å². The Morgan fingerprint density at radius 2 is 2.22 bits per heavy atom. The molecule has 0 aliphatic heterocycles. The van der Waals surface area contributed by atoms with E-state index in [4.69, 9.17) is 0 Å². The minimum atomic E-state index is 0.133. The number of aromatic nitrogens is 1. The molecular weight excluding hydrogens is 242 g/mol. The van der Waals surface area contributed by atoms with Crippen LogP contribution in [0, 0.1) is 5.92 Å². The SMILES string of the molecule is O=C1c2ccccc2CCCC1Cc1cncs1. The molecule has 1 unspecified atom stereocenters. The van der Waals surface area contributed by atoms with E-state index >= 15 is 0 Å². The molecular formula is C15H15NOS. The summed E-state index contributed by atoms with van der Waals surface area (Å²) in [6.07, 6.45) is 5.85. The first-order valence-electron chi connectivity index (χ1n) is 6.34. The lowest BCUT2D eigenvalue weighted by molar-refractivity contribution is 0.0916. The zero-order valence-corrected chi connectivity index (χ0v) is 11.0. The highest BCUT2D eigenvalue weighted by Gasteiger charge is 2.25. The lowest BCUT2D eigenvalue weighted by atomic mass is 9.92. The lowest BCUT2D eigenvalue weighted by Gasteiger charge is -2.12. The number of carbonyl (C=O) groups is 1. The molecule has 0 bridgehead atoms. The van der Waals surface area contributed by atoms with Crippen LogP contribution < -0.4 is 0 Å². The molecule has 0 spiro atoms. The average molecular weight is 257 g/mol. The number of hydrogen-bond donors (Lipinski definition) is 0. The molecule has 1 aliphatic carbocycles. The number of carbonyl (C=O) groups excluding carboxylic acids is 1. The number of benzene rings is 1. The first kappa shape index (κ1) is 11.6. The predicted octanol–water partition coefficient (Wildman–Crippen LogP) is 3.52. The number of ketones is 1. The smallest absolute Gasteiger partial charge is 0.166 e. The molecule has 0 N–H and O–H groups in total. The van der Waals surface area contributed by atoms with Gasteiger partial charge in [0.25, 0.3) is 0 Å². The summed E-state index contributed by atoms with van der Waals surface area (Å²) in [5.41, 5.74) is 3.99. The number of aryl methyl sites for hydroxylation is 1. The van der Waals surface area contributed by atoms with Gasteiger partial charge in [-0.15, -0.1) is 11.3 Å². The van der Waals surface area contributed by atoms with Gasteiger partial charge in [-0.3, -0.25) is 9.78 Å². The number of rotatable bonds is 2. The van der Waals surface area contributed by atoms with Gasteiger partial charge in [-0.05, 0) is 31.2 Å². The number of fused-ring (bicyclic) bond motifs is 1. The molecule has 92 valence electrons. The van der Waals surface area contributed by atoms with Crippen molar-refractivity contribution in [2.45, 2.75) is 25.7 Å². The van der Waals surface area contributed by atoms with Crippen molar-refractivity contribution in [3.05, 3.63) is 52.0 Å². The molecule has 1 atom stereocenters. The monoisotopic (exact) mass is 257 g/mol. The molecule has 2 nitrogen and oxygen atoms in total. The second-order valence-electron chi connectivity index (χ2n) is 4.78. The van der Waals surface area contributed by atoms with E-state index in [0.717, 1.165) is 31.2 Å². The Bertz CT molecular complexity index is 547. The molecule has 2 aromatic rings. The zero-order valence-electron chi connectivity index (χ0n) is 10.1. The van der Waals surface area contributed by atoms with Crippen LogP contribution in [0.1, 0.15) is 33.6 Å². The van der Waals surface area contributed by atoms with Crippen LogP contribution in [0.3, 0.4) is 0 Å². The highest BCUT2D eigenvalue weighted by molar-refractivity contribution is 7.09. The summed E-state index contributed by atoms with van der Waals surface area (Å²) in [4.78, 5) is 17.9. The third-order valence-corrected chi connectivity index (χ3v) is 4.39. The number of thiazole rings is 1. The van der Waals surface area contributed by atoms with Crippen molar-refractivity contribution in [3.63, 3.8) is 0 Å². The van der Waals surface area contributed by atoms with Crippen molar-refractivity contribution in [1.82, 2.24) is 4.98 Å². The maximum absolute atomic E-state index is 12.5. The van der Waals surface area contributed by atoms with Crippen molar-refractivity contribution < 1.29 is 4.79 Å². The van der Waals surface area contributed by atoms with E-state index in [1.165, 1.54) is 10.4 Å². The highest BCUT2D eigenvalue weighted by atomic mass is 32.1. The van der Waals surface area contributed by atoms with Gasteiger partial charge in [0, 0.05) is 22.6 Å². The quantitative estimate of drug-likeness (QED) is 0.770. The van der Waals surface area contributed by atoms with Crippen LogP contribution in [0.4, 0.5) is 0 Å². The van der Waals surface area contributed by atoms with Gasteiger partial charge >= 0.3 is 0 Å².